The molecule has 0 spiro atoms. The molecule has 3 rings (SSSR count). The highest BCUT2D eigenvalue weighted by Gasteiger charge is 2.13. The molecule has 0 saturated carbocycles. The first-order chi connectivity index (χ1) is 21.2. The minimum absolute atomic E-state index is 0.198. The van der Waals surface area contributed by atoms with Crippen molar-refractivity contribution in [2.75, 3.05) is 0 Å². The molecule has 0 aliphatic rings. The number of carbonyl (C=O) groups excluding carboxylic acids is 4. The molecule has 0 aliphatic carbocycles. The second-order valence-electron chi connectivity index (χ2n) is 7.93. The molecule has 0 N–H and O–H groups in total. The summed E-state index contributed by atoms with van der Waals surface area (Å²) in [5.41, 5.74) is 9.84. The molecule has 10 nitrogen and oxygen atoms in total. The highest BCUT2D eigenvalue weighted by atomic mass is 16.7. The summed E-state index contributed by atoms with van der Waals surface area (Å²) in [6.07, 6.45) is 1.90. The van der Waals surface area contributed by atoms with Gasteiger partial charge in [0.25, 0.3) is 0 Å². The summed E-state index contributed by atoms with van der Waals surface area (Å²) < 4.78 is 31.2. The zero-order valence-corrected chi connectivity index (χ0v) is 23.0. The van der Waals surface area contributed by atoms with E-state index in [2.05, 4.69) is 49.2 Å². The van der Waals surface area contributed by atoms with Gasteiger partial charge >= 0.3 is 35.8 Å². The van der Waals surface area contributed by atoms with E-state index in [1.807, 2.05) is 0 Å². The summed E-state index contributed by atoms with van der Waals surface area (Å²) in [5, 5.41) is 0. The van der Waals surface area contributed by atoms with Crippen LogP contribution < -0.4 is 18.9 Å². The molecule has 0 bridgehead atoms. The van der Waals surface area contributed by atoms with Crippen LogP contribution in [0, 0.1) is 0 Å². The van der Waals surface area contributed by atoms with Crippen LogP contribution in [0.3, 0.4) is 0 Å². The highest BCUT2D eigenvalue weighted by molar-refractivity contribution is 5.92. The molecule has 44 heavy (non-hydrogen) atoms. The standard InChI is InChI=1S/C34H22O10/c1-5-9-31(43-29(35)7-3)39-25-15-11-23(12-16-25)33(37)41-27-19-21-28(22-20-27)42-34(38)24-13-17-26(18-14-24)40-32(10-6-2)44-30(36)8-4/h7-8,11-22H,1-4H2. The van der Waals surface area contributed by atoms with E-state index in [0.717, 1.165) is 12.2 Å². The number of ether oxygens (including phenoxy) is 6. The summed E-state index contributed by atoms with van der Waals surface area (Å²) >= 11 is 0. The molecule has 3 aromatic rings. The summed E-state index contributed by atoms with van der Waals surface area (Å²) in [7, 11) is 0. The predicted molar refractivity (Wildman–Crippen MR) is 155 cm³/mol. The molecule has 0 aromatic heterocycles. The molecular weight excluding hydrogens is 568 g/mol. The van der Waals surface area contributed by atoms with Crippen LogP contribution in [0.4, 0.5) is 0 Å². The lowest BCUT2D eigenvalue weighted by Crippen LogP contribution is -2.10. The normalized spacial score (nSPS) is 9.27. The van der Waals surface area contributed by atoms with Gasteiger partial charge in [-0.05, 0) is 86.0 Å². The number of esters is 4. The van der Waals surface area contributed by atoms with Gasteiger partial charge in [0.2, 0.25) is 0 Å². The molecule has 0 amide bonds. The lowest BCUT2D eigenvalue weighted by Gasteiger charge is -2.09. The maximum absolute atomic E-state index is 12.6. The van der Waals surface area contributed by atoms with Crippen molar-refractivity contribution < 1.29 is 47.6 Å². The molecule has 0 radical (unpaired) electrons. The van der Waals surface area contributed by atoms with Crippen molar-refractivity contribution in [1.29, 1.82) is 0 Å². The third-order valence-electron chi connectivity index (χ3n) is 4.95. The minimum Gasteiger partial charge on any atom is -0.423 e. The average molecular weight is 591 g/mol. The van der Waals surface area contributed by atoms with E-state index >= 15 is 0 Å². The molecule has 0 atom stereocenters. The van der Waals surface area contributed by atoms with Crippen molar-refractivity contribution in [2.24, 2.45) is 0 Å². The van der Waals surface area contributed by atoms with Crippen molar-refractivity contribution in [2.45, 2.75) is 0 Å². The summed E-state index contributed by atoms with van der Waals surface area (Å²) in [6, 6.07) is 17.4. The molecule has 3 aromatic carbocycles. The fourth-order valence-electron chi connectivity index (χ4n) is 2.99. The van der Waals surface area contributed by atoms with E-state index in [9.17, 15) is 19.2 Å². The lowest BCUT2D eigenvalue weighted by atomic mass is 10.2. The molecular formula is C34H22O10. The van der Waals surface area contributed by atoms with Crippen LogP contribution in [-0.4, -0.2) is 23.9 Å². The molecule has 0 saturated heterocycles. The van der Waals surface area contributed by atoms with Gasteiger partial charge in [0, 0.05) is 23.6 Å². The quantitative estimate of drug-likeness (QED) is 0.0828. The Kier molecular flexibility index (Phi) is 11.4. The predicted octanol–water partition coefficient (Wildman–Crippen LogP) is 5.90. The van der Waals surface area contributed by atoms with Gasteiger partial charge in [-0.2, -0.15) is 0 Å². The first-order valence-electron chi connectivity index (χ1n) is 12.3. The second kappa shape index (κ2) is 15.9. The highest BCUT2D eigenvalue weighted by Crippen LogP contribution is 2.22. The topological polar surface area (TPSA) is 124 Å². The Labute approximate surface area is 251 Å². The summed E-state index contributed by atoms with van der Waals surface area (Å²) in [4.78, 5) is 47.9. The Balaban J connectivity index is 1.57. The Hall–Kier alpha value is -6.78. The smallest absolute Gasteiger partial charge is 0.349 e. The van der Waals surface area contributed by atoms with Gasteiger partial charge < -0.3 is 28.4 Å². The number of carbonyl (C=O) groups is 4. The van der Waals surface area contributed by atoms with Crippen LogP contribution in [0.15, 0.2) is 146 Å². The monoisotopic (exact) mass is 590 g/mol. The molecule has 0 unspecified atom stereocenters. The summed E-state index contributed by atoms with van der Waals surface area (Å²) in [6.45, 7) is 13.3. The van der Waals surface area contributed by atoms with Crippen LogP contribution in [0.5, 0.6) is 23.0 Å². The minimum atomic E-state index is -0.760. The van der Waals surface area contributed by atoms with Gasteiger partial charge in [-0.25, -0.2) is 19.2 Å². The van der Waals surface area contributed by atoms with Gasteiger partial charge in [0.1, 0.15) is 23.0 Å². The van der Waals surface area contributed by atoms with Crippen LogP contribution >= 0.6 is 0 Å². The molecule has 0 heterocycles. The fraction of sp³-hybridized carbons (Fsp3) is 0. The van der Waals surface area contributed by atoms with Gasteiger partial charge in [-0.1, -0.05) is 24.6 Å². The Morgan fingerprint density at radius 1 is 0.500 bits per heavy atom. The zero-order valence-electron chi connectivity index (χ0n) is 23.0. The van der Waals surface area contributed by atoms with E-state index in [1.54, 1.807) is 0 Å². The van der Waals surface area contributed by atoms with Crippen molar-refractivity contribution in [1.82, 2.24) is 0 Å². The number of rotatable bonds is 12. The van der Waals surface area contributed by atoms with Gasteiger partial charge in [-0.15, -0.1) is 0 Å². The zero-order chi connectivity index (χ0) is 31.9. The van der Waals surface area contributed by atoms with Crippen molar-refractivity contribution in [3.8, 4) is 23.0 Å². The fourth-order valence-corrected chi connectivity index (χ4v) is 2.99. The number of hydrogen-bond acceptors (Lipinski definition) is 10. The van der Waals surface area contributed by atoms with E-state index in [-0.39, 0.29) is 46.0 Å². The Bertz CT molecular complexity index is 1620. The van der Waals surface area contributed by atoms with E-state index in [0.29, 0.717) is 0 Å². The first kappa shape index (κ1) is 31.7. The number of hydrogen-bond donors (Lipinski definition) is 0. The Morgan fingerprint density at radius 2 is 0.795 bits per heavy atom. The average Bonchev–Trinajstić information content (AvgIpc) is 3.02. The third-order valence-corrected chi connectivity index (χ3v) is 4.95. The molecule has 0 fully saturated rings. The van der Waals surface area contributed by atoms with E-state index < -0.39 is 23.9 Å². The van der Waals surface area contributed by atoms with Crippen LogP contribution in [-0.2, 0) is 19.1 Å². The third kappa shape index (κ3) is 9.70. The van der Waals surface area contributed by atoms with E-state index in [4.69, 9.17) is 28.4 Å². The van der Waals surface area contributed by atoms with Crippen LogP contribution in [0.1, 0.15) is 20.7 Å². The molecule has 0 aliphatic heterocycles. The number of benzene rings is 3. The van der Waals surface area contributed by atoms with Crippen LogP contribution in [0.2, 0.25) is 0 Å². The van der Waals surface area contributed by atoms with Crippen molar-refractivity contribution >= 4 is 23.9 Å². The van der Waals surface area contributed by atoms with Crippen molar-refractivity contribution in [3.63, 3.8) is 0 Å². The van der Waals surface area contributed by atoms with Gasteiger partial charge in [0.05, 0.1) is 11.1 Å². The van der Waals surface area contributed by atoms with Gasteiger partial charge in [-0.3, -0.25) is 0 Å². The summed E-state index contributed by atoms with van der Waals surface area (Å²) in [5.74, 6) is -2.57. The molecule has 218 valence electrons. The Morgan fingerprint density at radius 3 is 1.09 bits per heavy atom. The molecule has 10 heteroatoms. The maximum atomic E-state index is 12.6. The lowest BCUT2D eigenvalue weighted by molar-refractivity contribution is -0.137. The largest absolute Gasteiger partial charge is 0.423 e. The van der Waals surface area contributed by atoms with E-state index in [1.165, 1.54) is 72.8 Å². The SMILES string of the molecule is C=C=C=C(OC(=O)C=C)Oc1ccc(C(=O)Oc2ccc(OC(=O)c3ccc(OC(=C=C=C)OC(=O)C=C)cc3)cc2)cc1. The maximum Gasteiger partial charge on any atom is 0.349 e. The second-order valence-corrected chi connectivity index (χ2v) is 7.93. The first-order valence-corrected chi connectivity index (χ1v) is 12.3. The van der Waals surface area contributed by atoms with Crippen molar-refractivity contribution in [3.05, 3.63) is 157 Å². The van der Waals surface area contributed by atoms with Gasteiger partial charge in [0.15, 0.2) is 0 Å². The van der Waals surface area contributed by atoms with Crippen LogP contribution in [0.25, 0.3) is 0 Å².